The lowest BCUT2D eigenvalue weighted by Gasteiger charge is -2.04. The molecule has 84 valence electrons. The number of nitrogens with zero attached hydrogens (tertiary/aromatic N) is 4. The molecular formula is C12H10N4S. The van der Waals surface area contributed by atoms with E-state index in [0.717, 1.165) is 21.1 Å². The second-order valence-electron chi connectivity index (χ2n) is 3.61. The van der Waals surface area contributed by atoms with Crippen LogP contribution in [0.15, 0.2) is 53.0 Å². The summed E-state index contributed by atoms with van der Waals surface area (Å²) in [5.41, 5.74) is 1.94. The van der Waals surface area contributed by atoms with Gasteiger partial charge >= 0.3 is 0 Å². The molecule has 17 heavy (non-hydrogen) atoms. The number of hydrogen-bond acceptors (Lipinski definition) is 4. The van der Waals surface area contributed by atoms with Crippen LogP contribution in [0.1, 0.15) is 5.69 Å². The van der Waals surface area contributed by atoms with Crippen molar-refractivity contribution in [3.63, 3.8) is 0 Å². The zero-order valence-corrected chi connectivity index (χ0v) is 10.1. The normalized spacial score (nSPS) is 10.9. The van der Waals surface area contributed by atoms with Crippen molar-refractivity contribution in [1.29, 1.82) is 0 Å². The maximum absolute atomic E-state index is 4.33. The van der Waals surface area contributed by atoms with Gasteiger partial charge in [0.1, 0.15) is 6.33 Å². The van der Waals surface area contributed by atoms with Gasteiger partial charge < -0.3 is 0 Å². The first-order valence-electron chi connectivity index (χ1n) is 5.21. The van der Waals surface area contributed by atoms with Gasteiger partial charge in [-0.05, 0) is 19.1 Å². The van der Waals surface area contributed by atoms with E-state index in [1.54, 1.807) is 30.5 Å². The highest BCUT2D eigenvalue weighted by Gasteiger charge is 2.06. The molecule has 0 spiro atoms. The van der Waals surface area contributed by atoms with Gasteiger partial charge in [-0.3, -0.25) is 9.38 Å². The molecule has 0 atom stereocenters. The van der Waals surface area contributed by atoms with Gasteiger partial charge in [0.05, 0.1) is 10.6 Å². The smallest absolute Gasteiger partial charge is 0.153 e. The van der Waals surface area contributed by atoms with Crippen molar-refractivity contribution >= 4 is 17.4 Å². The van der Waals surface area contributed by atoms with Crippen molar-refractivity contribution < 1.29 is 0 Å². The fourth-order valence-electron chi connectivity index (χ4n) is 1.60. The molecule has 0 fully saturated rings. The topological polar surface area (TPSA) is 43.1 Å². The van der Waals surface area contributed by atoms with E-state index in [4.69, 9.17) is 0 Å². The lowest BCUT2D eigenvalue weighted by atomic mass is 10.4. The van der Waals surface area contributed by atoms with Gasteiger partial charge in [0.15, 0.2) is 5.65 Å². The Balaban J connectivity index is 2.06. The highest BCUT2D eigenvalue weighted by Crippen LogP contribution is 2.30. The summed E-state index contributed by atoms with van der Waals surface area (Å²) in [6.45, 7) is 2.00. The summed E-state index contributed by atoms with van der Waals surface area (Å²) in [5.74, 6) is 0. The van der Waals surface area contributed by atoms with E-state index in [1.807, 2.05) is 29.8 Å². The van der Waals surface area contributed by atoms with Gasteiger partial charge in [-0.15, -0.1) is 0 Å². The summed E-state index contributed by atoms with van der Waals surface area (Å²) in [5, 5.41) is 0. The van der Waals surface area contributed by atoms with Gasteiger partial charge in [-0.1, -0.05) is 11.8 Å². The Morgan fingerprint density at radius 2 is 2.12 bits per heavy atom. The number of aryl methyl sites for hydroxylation is 1. The third-order valence-corrected chi connectivity index (χ3v) is 3.61. The summed E-state index contributed by atoms with van der Waals surface area (Å²) in [6.07, 6.45) is 9.05. The Hall–Kier alpha value is -1.88. The number of aromatic nitrogens is 4. The first-order valence-corrected chi connectivity index (χ1v) is 6.02. The molecule has 3 aromatic heterocycles. The molecular weight excluding hydrogens is 232 g/mol. The molecule has 0 aliphatic rings. The van der Waals surface area contributed by atoms with E-state index in [1.165, 1.54) is 0 Å². The summed E-state index contributed by atoms with van der Waals surface area (Å²) in [6, 6.07) is 3.99. The van der Waals surface area contributed by atoms with Gasteiger partial charge in [0, 0.05) is 29.7 Å². The van der Waals surface area contributed by atoms with Crippen LogP contribution in [0.5, 0.6) is 0 Å². The Morgan fingerprint density at radius 1 is 1.18 bits per heavy atom. The Kier molecular flexibility index (Phi) is 2.53. The maximum Gasteiger partial charge on any atom is 0.153 e. The molecule has 0 saturated carbocycles. The van der Waals surface area contributed by atoms with Gasteiger partial charge in [-0.25, -0.2) is 9.97 Å². The maximum atomic E-state index is 4.33. The van der Waals surface area contributed by atoms with Crippen LogP contribution in [0, 0.1) is 6.92 Å². The summed E-state index contributed by atoms with van der Waals surface area (Å²) in [7, 11) is 0. The first-order chi connectivity index (χ1) is 8.34. The van der Waals surface area contributed by atoms with E-state index in [0.29, 0.717) is 0 Å². The van der Waals surface area contributed by atoms with Crippen LogP contribution in [0.25, 0.3) is 5.65 Å². The highest BCUT2D eigenvalue weighted by atomic mass is 32.2. The zero-order valence-electron chi connectivity index (χ0n) is 9.24. The SMILES string of the molecule is Cc1ncccc1Sc1cncn2ccnc12. The molecule has 4 nitrogen and oxygen atoms in total. The monoisotopic (exact) mass is 242 g/mol. The first kappa shape index (κ1) is 10.3. The molecule has 5 heteroatoms. The van der Waals surface area contributed by atoms with Crippen LogP contribution in [0.4, 0.5) is 0 Å². The lowest BCUT2D eigenvalue weighted by molar-refractivity contribution is 1.04. The second kappa shape index (κ2) is 4.18. The lowest BCUT2D eigenvalue weighted by Crippen LogP contribution is -1.89. The van der Waals surface area contributed by atoms with E-state index in [2.05, 4.69) is 21.0 Å². The average Bonchev–Trinajstić information content (AvgIpc) is 2.81. The standard InChI is InChI=1S/C12H10N4S/c1-9-10(3-2-4-14-9)17-11-7-13-8-16-6-5-15-12(11)16/h2-8H,1H3. The summed E-state index contributed by atoms with van der Waals surface area (Å²) >= 11 is 1.64. The van der Waals surface area contributed by atoms with E-state index < -0.39 is 0 Å². The highest BCUT2D eigenvalue weighted by molar-refractivity contribution is 7.99. The van der Waals surface area contributed by atoms with Crippen molar-refractivity contribution in [2.75, 3.05) is 0 Å². The predicted octanol–water partition coefficient (Wildman–Crippen LogP) is 2.58. The molecule has 0 bridgehead atoms. The third kappa shape index (κ3) is 1.89. The molecule has 0 N–H and O–H groups in total. The van der Waals surface area contributed by atoms with Crippen LogP contribution in [-0.4, -0.2) is 19.4 Å². The van der Waals surface area contributed by atoms with Crippen LogP contribution in [0.3, 0.4) is 0 Å². The third-order valence-electron chi connectivity index (χ3n) is 2.45. The molecule has 0 radical (unpaired) electrons. The molecule has 0 aliphatic heterocycles. The van der Waals surface area contributed by atoms with Gasteiger partial charge in [0.2, 0.25) is 0 Å². The van der Waals surface area contributed by atoms with Crippen LogP contribution >= 0.6 is 11.8 Å². The average molecular weight is 242 g/mol. The fraction of sp³-hybridized carbons (Fsp3) is 0.0833. The summed E-state index contributed by atoms with van der Waals surface area (Å²) < 4.78 is 1.91. The second-order valence-corrected chi connectivity index (χ2v) is 4.69. The predicted molar refractivity (Wildman–Crippen MR) is 66.1 cm³/mol. The van der Waals surface area contributed by atoms with Crippen molar-refractivity contribution in [1.82, 2.24) is 19.4 Å². The zero-order chi connectivity index (χ0) is 11.7. The molecule has 3 aromatic rings. The fourth-order valence-corrected chi connectivity index (χ4v) is 2.54. The molecule has 0 aliphatic carbocycles. The van der Waals surface area contributed by atoms with Gasteiger partial charge in [0.25, 0.3) is 0 Å². The van der Waals surface area contributed by atoms with Crippen LogP contribution in [0.2, 0.25) is 0 Å². The minimum absolute atomic E-state index is 0.924. The Bertz CT molecular complexity index is 662. The quantitative estimate of drug-likeness (QED) is 0.692. The Morgan fingerprint density at radius 3 is 3.00 bits per heavy atom. The Labute approximate surface area is 103 Å². The molecule has 3 heterocycles. The molecule has 0 amide bonds. The van der Waals surface area contributed by atoms with E-state index in [9.17, 15) is 0 Å². The molecule has 0 saturated heterocycles. The minimum Gasteiger partial charge on any atom is -0.290 e. The van der Waals surface area contributed by atoms with Crippen molar-refractivity contribution in [3.05, 3.63) is 48.9 Å². The molecule has 3 rings (SSSR count). The van der Waals surface area contributed by atoms with Crippen LogP contribution in [-0.2, 0) is 0 Å². The van der Waals surface area contributed by atoms with Gasteiger partial charge in [-0.2, -0.15) is 0 Å². The van der Waals surface area contributed by atoms with E-state index in [-0.39, 0.29) is 0 Å². The number of imidazole rings is 1. The largest absolute Gasteiger partial charge is 0.290 e. The van der Waals surface area contributed by atoms with Crippen molar-refractivity contribution in [3.8, 4) is 0 Å². The van der Waals surface area contributed by atoms with E-state index >= 15 is 0 Å². The number of hydrogen-bond donors (Lipinski definition) is 0. The van der Waals surface area contributed by atoms with Crippen LogP contribution < -0.4 is 0 Å². The number of rotatable bonds is 2. The summed E-state index contributed by atoms with van der Waals surface area (Å²) in [4.78, 5) is 15.0. The van der Waals surface area contributed by atoms with Crippen molar-refractivity contribution in [2.24, 2.45) is 0 Å². The molecule has 0 unspecified atom stereocenters. The number of pyridine rings is 1. The molecule has 0 aromatic carbocycles. The number of fused-ring (bicyclic) bond motifs is 1. The minimum atomic E-state index is 0.924. The van der Waals surface area contributed by atoms with Crippen molar-refractivity contribution in [2.45, 2.75) is 16.7 Å².